The Morgan fingerprint density at radius 2 is 1.88 bits per heavy atom. The second kappa shape index (κ2) is 7.04. The maximum absolute atomic E-state index is 12.9. The van der Waals surface area contributed by atoms with Crippen LogP contribution >= 0.6 is 0 Å². The highest BCUT2D eigenvalue weighted by atomic mass is 16.4. The first-order chi connectivity index (χ1) is 12.5. The Morgan fingerprint density at radius 1 is 1.12 bits per heavy atom. The van der Waals surface area contributed by atoms with Gasteiger partial charge < -0.3 is 15.0 Å². The summed E-state index contributed by atoms with van der Waals surface area (Å²) in [5.74, 6) is -1.26. The van der Waals surface area contributed by atoms with Gasteiger partial charge in [-0.05, 0) is 61.7 Å². The van der Waals surface area contributed by atoms with Gasteiger partial charge in [0.25, 0.3) is 5.91 Å². The molecule has 0 bridgehead atoms. The first kappa shape index (κ1) is 17.7. The van der Waals surface area contributed by atoms with Gasteiger partial charge in [-0.3, -0.25) is 4.79 Å². The van der Waals surface area contributed by atoms with Crippen molar-refractivity contribution in [2.45, 2.75) is 33.7 Å². The number of nitrogens with one attached hydrogen (secondary N) is 1. The Hall–Kier alpha value is -3.08. The number of nitrogens with zero attached hydrogens (tertiary/aromatic N) is 1. The molecule has 0 radical (unpaired) electrons. The smallest absolute Gasteiger partial charge is 0.335 e. The van der Waals surface area contributed by atoms with Crippen LogP contribution in [0.1, 0.15) is 45.8 Å². The zero-order valence-corrected chi connectivity index (χ0v) is 15.2. The van der Waals surface area contributed by atoms with E-state index in [1.54, 1.807) is 12.1 Å². The number of hydrogen-bond donors (Lipinski definition) is 2. The first-order valence-corrected chi connectivity index (χ1v) is 8.72. The van der Waals surface area contributed by atoms with Gasteiger partial charge >= 0.3 is 5.97 Å². The third-order valence-electron chi connectivity index (χ3n) is 4.69. The van der Waals surface area contributed by atoms with Crippen LogP contribution in [0.3, 0.4) is 0 Å². The fourth-order valence-corrected chi connectivity index (χ4v) is 3.33. The molecule has 134 valence electrons. The summed E-state index contributed by atoms with van der Waals surface area (Å²) in [6.45, 7) is 6.75. The second-order valence-electron chi connectivity index (χ2n) is 6.26. The van der Waals surface area contributed by atoms with E-state index in [1.165, 1.54) is 17.7 Å². The van der Waals surface area contributed by atoms with Crippen LogP contribution in [0.15, 0.2) is 42.5 Å². The molecule has 0 fully saturated rings. The fraction of sp³-hybridized carbons (Fsp3) is 0.238. The summed E-state index contributed by atoms with van der Waals surface area (Å²) in [6.07, 6.45) is 0.941. The molecule has 0 unspecified atom stereocenters. The molecule has 0 atom stereocenters. The van der Waals surface area contributed by atoms with Gasteiger partial charge in [0.2, 0.25) is 0 Å². The number of rotatable bonds is 5. The van der Waals surface area contributed by atoms with Crippen LogP contribution in [0.2, 0.25) is 0 Å². The van der Waals surface area contributed by atoms with E-state index in [4.69, 9.17) is 5.11 Å². The average molecular weight is 350 g/mol. The lowest BCUT2D eigenvalue weighted by molar-refractivity contribution is 0.0696. The van der Waals surface area contributed by atoms with Gasteiger partial charge in [-0.1, -0.05) is 19.1 Å². The number of benzene rings is 2. The lowest BCUT2D eigenvalue weighted by Gasteiger charge is -2.10. The Labute approximate surface area is 152 Å². The Kier molecular flexibility index (Phi) is 4.80. The largest absolute Gasteiger partial charge is 0.478 e. The number of aromatic carboxylic acids is 1. The van der Waals surface area contributed by atoms with Crippen molar-refractivity contribution in [2.75, 3.05) is 5.32 Å². The van der Waals surface area contributed by atoms with Gasteiger partial charge in [-0.2, -0.15) is 0 Å². The molecule has 5 heteroatoms. The third-order valence-corrected chi connectivity index (χ3v) is 4.69. The van der Waals surface area contributed by atoms with E-state index in [0.717, 1.165) is 22.9 Å². The summed E-state index contributed by atoms with van der Waals surface area (Å²) in [4.78, 5) is 24.1. The van der Waals surface area contributed by atoms with Gasteiger partial charge in [0.05, 0.1) is 5.56 Å². The number of hydrogen-bond acceptors (Lipinski definition) is 2. The molecule has 1 heterocycles. The monoisotopic (exact) mass is 350 g/mol. The van der Waals surface area contributed by atoms with Crippen LogP contribution in [-0.2, 0) is 13.0 Å². The highest BCUT2D eigenvalue weighted by molar-refractivity contribution is 6.08. The summed E-state index contributed by atoms with van der Waals surface area (Å²) in [5.41, 5.74) is 4.42. The minimum Gasteiger partial charge on any atom is -0.478 e. The topological polar surface area (TPSA) is 71.3 Å². The third kappa shape index (κ3) is 3.08. The van der Waals surface area contributed by atoms with Crippen molar-refractivity contribution in [2.24, 2.45) is 0 Å². The number of anilines is 1. The van der Waals surface area contributed by atoms with E-state index >= 15 is 0 Å². The van der Waals surface area contributed by atoms with Crippen molar-refractivity contribution in [3.8, 4) is 0 Å². The molecule has 3 rings (SSSR count). The highest BCUT2D eigenvalue weighted by Crippen LogP contribution is 2.28. The van der Waals surface area contributed by atoms with Crippen LogP contribution in [0.4, 0.5) is 5.69 Å². The molecule has 2 aromatic carbocycles. The standard InChI is InChI=1S/C21H22N2O3/c1-4-14-9-10-18-17(11-14)13(3)19(23(18)5-2)20(24)22-16-8-6-7-15(12-16)21(25)26/h6-12H,4-5H2,1-3H3,(H,22,24)(H,25,26). The molecule has 0 aliphatic carbocycles. The van der Waals surface area contributed by atoms with Crippen LogP contribution in [0, 0.1) is 6.92 Å². The number of amides is 1. The number of aryl methyl sites for hydroxylation is 3. The van der Waals surface area contributed by atoms with E-state index in [0.29, 0.717) is 17.9 Å². The summed E-state index contributed by atoms with van der Waals surface area (Å²) in [6, 6.07) is 12.6. The van der Waals surface area contributed by atoms with Crippen molar-refractivity contribution in [1.82, 2.24) is 4.57 Å². The first-order valence-electron chi connectivity index (χ1n) is 8.72. The maximum Gasteiger partial charge on any atom is 0.335 e. The molecule has 0 saturated carbocycles. The van der Waals surface area contributed by atoms with Gasteiger partial charge in [0.15, 0.2) is 0 Å². The van der Waals surface area contributed by atoms with Crippen LogP contribution in [0.25, 0.3) is 10.9 Å². The lowest BCUT2D eigenvalue weighted by atomic mass is 10.1. The molecule has 1 amide bonds. The van der Waals surface area contributed by atoms with Gasteiger partial charge in [-0.15, -0.1) is 0 Å². The Balaban J connectivity index is 2.04. The Bertz CT molecular complexity index is 1000. The van der Waals surface area contributed by atoms with E-state index in [1.807, 2.05) is 18.4 Å². The predicted molar refractivity (Wildman–Crippen MR) is 103 cm³/mol. The molecule has 0 aliphatic rings. The van der Waals surface area contributed by atoms with Gasteiger partial charge in [-0.25, -0.2) is 4.79 Å². The van der Waals surface area contributed by atoms with Crippen LogP contribution < -0.4 is 5.32 Å². The maximum atomic E-state index is 12.9. The van der Waals surface area contributed by atoms with Crippen molar-refractivity contribution in [3.05, 3.63) is 64.8 Å². The SMILES string of the molecule is CCc1ccc2c(c1)c(C)c(C(=O)Nc1cccc(C(=O)O)c1)n2CC. The minimum atomic E-state index is -1.02. The number of carboxylic acids is 1. The lowest BCUT2D eigenvalue weighted by Crippen LogP contribution is -2.18. The molecule has 0 aliphatic heterocycles. The predicted octanol–water partition coefficient (Wildman–Crippen LogP) is 4.48. The van der Waals surface area contributed by atoms with Gasteiger partial charge in [0, 0.05) is 23.1 Å². The summed E-state index contributed by atoms with van der Waals surface area (Å²) in [5, 5.41) is 13.0. The molecule has 1 aromatic heterocycles. The number of fused-ring (bicyclic) bond motifs is 1. The molecule has 0 spiro atoms. The zero-order chi connectivity index (χ0) is 18.8. The van der Waals surface area contributed by atoms with Crippen molar-refractivity contribution in [1.29, 1.82) is 0 Å². The number of carbonyl (C=O) groups excluding carboxylic acids is 1. The van der Waals surface area contributed by atoms with E-state index in [9.17, 15) is 9.59 Å². The van der Waals surface area contributed by atoms with Crippen molar-refractivity contribution in [3.63, 3.8) is 0 Å². The van der Waals surface area contributed by atoms with E-state index in [2.05, 4.69) is 30.4 Å². The molecule has 3 aromatic rings. The van der Waals surface area contributed by atoms with E-state index < -0.39 is 5.97 Å². The fourth-order valence-electron chi connectivity index (χ4n) is 3.33. The van der Waals surface area contributed by atoms with Crippen molar-refractivity contribution >= 4 is 28.5 Å². The summed E-state index contributed by atoms with van der Waals surface area (Å²) in [7, 11) is 0. The van der Waals surface area contributed by atoms with Crippen LogP contribution in [0.5, 0.6) is 0 Å². The Morgan fingerprint density at radius 3 is 2.54 bits per heavy atom. The number of carboxylic acid groups (broad SMARTS) is 1. The number of carbonyl (C=O) groups is 2. The van der Waals surface area contributed by atoms with Crippen molar-refractivity contribution < 1.29 is 14.7 Å². The van der Waals surface area contributed by atoms with E-state index in [-0.39, 0.29) is 11.5 Å². The molecule has 0 saturated heterocycles. The zero-order valence-electron chi connectivity index (χ0n) is 15.2. The summed E-state index contributed by atoms with van der Waals surface area (Å²) >= 11 is 0. The molecular weight excluding hydrogens is 328 g/mol. The molecule has 26 heavy (non-hydrogen) atoms. The molecule has 2 N–H and O–H groups in total. The molecule has 5 nitrogen and oxygen atoms in total. The molecular formula is C21H22N2O3. The van der Waals surface area contributed by atoms with Gasteiger partial charge in [0.1, 0.15) is 5.69 Å². The highest BCUT2D eigenvalue weighted by Gasteiger charge is 2.20. The number of aromatic nitrogens is 1. The quantitative estimate of drug-likeness (QED) is 0.712. The summed E-state index contributed by atoms with van der Waals surface area (Å²) < 4.78 is 2.00. The minimum absolute atomic E-state index is 0.142. The second-order valence-corrected chi connectivity index (χ2v) is 6.26. The normalized spacial score (nSPS) is 10.9. The average Bonchev–Trinajstić information content (AvgIpc) is 2.93. The van der Waals surface area contributed by atoms with Crippen LogP contribution in [-0.4, -0.2) is 21.6 Å².